The molecule has 0 spiro atoms. The fourth-order valence-electron chi connectivity index (χ4n) is 2.30. The van der Waals surface area contributed by atoms with E-state index in [9.17, 15) is 8.42 Å². The topological polar surface area (TPSA) is 90.1 Å². The third kappa shape index (κ3) is 2.62. The van der Waals surface area contributed by atoms with Crippen molar-refractivity contribution < 1.29 is 8.42 Å². The second-order valence-corrected chi connectivity index (χ2v) is 6.48. The molecule has 1 aliphatic heterocycles. The van der Waals surface area contributed by atoms with Gasteiger partial charge in [0, 0.05) is 26.2 Å². The van der Waals surface area contributed by atoms with Gasteiger partial charge in [-0.25, -0.2) is 4.98 Å². The van der Waals surface area contributed by atoms with Crippen LogP contribution in [0.4, 0.5) is 5.69 Å². The molecule has 7 nitrogen and oxygen atoms in total. The van der Waals surface area contributed by atoms with Gasteiger partial charge in [-0.3, -0.25) is 4.72 Å². The van der Waals surface area contributed by atoms with Crippen molar-refractivity contribution in [3.05, 3.63) is 24.0 Å². The quantitative estimate of drug-likeness (QED) is 0.766. The van der Waals surface area contributed by atoms with Crippen molar-refractivity contribution in [3.8, 4) is 0 Å². The zero-order valence-corrected chi connectivity index (χ0v) is 12.0. The van der Waals surface area contributed by atoms with Crippen LogP contribution in [0.5, 0.6) is 0 Å². The van der Waals surface area contributed by atoms with E-state index in [1.807, 2.05) is 6.92 Å². The zero-order chi connectivity index (χ0) is 14.2. The molecule has 0 bridgehead atoms. The fraction of sp³-hybridized carbons (Fsp3) is 0.417. The average Bonchev–Trinajstić information content (AvgIpc) is 2.79. The van der Waals surface area contributed by atoms with Gasteiger partial charge in [0.05, 0.1) is 16.7 Å². The lowest BCUT2D eigenvalue weighted by atomic mass is 10.3. The lowest BCUT2D eigenvalue weighted by Gasteiger charge is -2.26. The standard InChI is InChI=1S/C12H17N5O2S/c1-9-14-11-3-2-10(8-12(11)15-9)16-20(18,19)17-6-4-13-5-7-17/h2-3,8,13,16H,4-7H2,1H3,(H,14,15). The van der Waals surface area contributed by atoms with Gasteiger partial charge >= 0.3 is 10.2 Å². The number of aryl methyl sites for hydroxylation is 1. The van der Waals surface area contributed by atoms with Crippen LogP contribution in [0.2, 0.25) is 0 Å². The third-order valence-electron chi connectivity index (χ3n) is 3.26. The molecule has 2 heterocycles. The number of imidazole rings is 1. The molecule has 1 aromatic carbocycles. The second kappa shape index (κ2) is 5.04. The molecule has 0 atom stereocenters. The molecule has 0 aliphatic carbocycles. The van der Waals surface area contributed by atoms with Crippen molar-refractivity contribution in [2.75, 3.05) is 30.9 Å². The van der Waals surface area contributed by atoms with Crippen molar-refractivity contribution in [3.63, 3.8) is 0 Å². The summed E-state index contributed by atoms with van der Waals surface area (Å²) in [6, 6.07) is 5.28. The van der Waals surface area contributed by atoms with E-state index in [-0.39, 0.29) is 0 Å². The number of fused-ring (bicyclic) bond motifs is 1. The number of nitrogens with zero attached hydrogens (tertiary/aromatic N) is 2. The van der Waals surface area contributed by atoms with E-state index in [0.29, 0.717) is 31.9 Å². The molecular formula is C12H17N5O2S. The van der Waals surface area contributed by atoms with Crippen LogP contribution in [-0.4, -0.2) is 48.9 Å². The highest BCUT2D eigenvalue weighted by Crippen LogP contribution is 2.19. The van der Waals surface area contributed by atoms with Crippen LogP contribution in [0.15, 0.2) is 18.2 Å². The maximum absolute atomic E-state index is 12.3. The number of hydrogen-bond acceptors (Lipinski definition) is 4. The van der Waals surface area contributed by atoms with Gasteiger partial charge in [0.25, 0.3) is 0 Å². The van der Waals surface area contributed by atoms with Crippen LogP contribution in [0.3, 0.4) is 0 Å². The number of aromatic amines is 1. The van der Waals surface area contributed by atoms with Gasteiger partial charge in [-0.2, -0.15) is 12.7 Å². The summed E-state index contributed by atoms with van der Waals surface area (Å²) < 4.78 is 28.6. The number of anilines is 1. The molecule has 0 radical (unpaired) electrons. The predicted molar refractivity (Wildman–Crippen MR) is 77.8 cm³/mol. The van der Waals surface area contributed by atoms with Crippen molar-refractivity contribution in [1.82, 2.24) is 19.6 Å². The molecule has 1 saturated heterocycles. The molecule has 8 heteroatoms. The first-order valence-corrected chi connectivity index (χ1v) is 7.93. The Morgan fingerprint density at radius 3 is 2.80 bits per heavy atom. The van der Waals surface area contributed by atoms with Gasteiger partial charge in [-0.05, 0) is 25.1 Å². The van der Waals surface area contributed by atoms with E-state index in [1.54, 1.807) is 18.2 Å². The van der Waals surface area contributed by atoms with Crippen LogP contribution >= 0.6 is 0 Å². The third-order valence-corrected chi connectivity index (χ3v) is 4.80. The first-order valence-electron chi connectivity index (χ1n) is 6.49. The van der Waals surface area contributed by atoms with E-state index in [0.717, 1.165) is 16.9 Å². The maximum atomic E-state index is 12.3. The summed E-state index contributed by atoms with van der Waals surface area (Å²) in [5.41, 5.74) is 2.19. The summed E-state index contributed by atoms with van der Waals surface area (Å²) in [6.07, 6.45) is 0. The Hall–Kier alpha value is -1.64. The van der Waals surface area contributed by atoms with Gasteiger partial charge in [0.1, 0.15) is 5.82 Å². The monoisotopic (exact) mass is 295 g/mol. The number of nitrogens with one attached hydrogen (secondary N) is 3. The molecule has 0 amide bonds. The Bertz CT molecular complexity index is 719. The highest BCUT2D eigenvalue weighted by molar-refractivity contribution is 7.90. The minimum absolute atomic E-state index is 0.487. The fourth-order valence-corrected chi connectivity index (χ4v) is 3.52. The van der Waals surface area contributed by atoms with E-state index in [4.69, 9.17) is 0 Å². The smallest absolute Gasteiger partial charge is 0.301 e. The second-order valence-electron chi connectivity index (χ2n) is 4.81. The summed E-state index contributed by atoms with van der Waals surface area (Å²) in [4.78, 5) is 7.38. The van der Waals surface area contributed by atoms with Crippen LogP contribution in [0, 0.1) is 6.92 Å². The molecular weight excluding hydrogens is 278 g/mol. The van der Waals surface area contributed by atoms with E-state index < -0.39 is 10.2 Å². The molecule has 1 fully saturated rings. The molecule has 0 saturated carbocycles. The van der Waals surface area contributed by atoms with Gasteiger partial charge in [0.15, 0.2) is 0 Å². The number of piperazine rings is 1. The normalized spacial score (nSPS) is 17.4. The summed E-state index contributed by atoms with van der Waals surface area (Å²) in [5.74, 6) is 0.808. The molecule has 0 unspecified atom stereocenters. The van der Waals surface area contributed by atoms with Gasteiger partial charge in [0.2, 0.25) is 0 Å². The Balaban J connectivity index is 1.84. The Labute approximate surface area is 117 Å². The largest absolute Gasteiger partial charge is 0.342 e. The van der Waals surface area contributed by atoms with Crippen LogP contribution in [0.25, 0.3) is 11.0 Å². The molecule has 1 aliphatic rings. The highest BCUT2D eigenvalue weighted by Gasteiger charge is 2.23. The maximum Gasteiger partial charge on any atom is 0.301 e. The summed E-state index contributed by atoms with van der Waals surface area (Å²) in [6.45, 7) is 4.20. The number of H-pyrrole nitrogens is 1. The first-order chi connectivity index (χ1) is 9.54. The molecule has 1 aromatic heterocycles. The van der Waals surface area contributed by atoms with Crippen molar-refractivity contribution >= 4 is 26.9 Å². The lowest BCUT2D eigenvalue weighted by Crippen LogP contribution is -2.48. The molecule has 3 rings (SSSR count). The van der Waals surface area contributed by atoms with E-state index in [2.05, 4.69) is 20.0 Å². The predicted octanol–water partition coefficient (Wildman–Crippen LogP) is 0.433. The zero-order valence-electron chi connectivity index (χ0n) is 11.2. The minimum Gasteiger partial charge on any atom is -0.342 e. The van der Waals surface area contributed by atoms with E-state index in [1.165, 1.54) is 4.31 Å². The summed E-state index contributed by atoms with van der Waals surface area (Å²) >= 11 is 0. The number of rotatable bonds is 3. The van der Waals surface area contributed by atoms with Crippen molar-refractivity contribution in [2.45, 2.75) is 6.92 Å². The number of hydrogen-bond donors (Lipinski definition) is 3. The summed E-state index contributed by atoms with van der Waals surface area (Å²) in [5, 5.41) is 3.13. The highest BCUT2D eigenvalue weighted by atomic mass is 32.2. The van der Waals surface area contributed by atoms with Gasteiger partial charge in [-0.1, -0.05) is 0 Å². The number of aromatic nitrogens is 2. The molecule has 108 valence electrons. The van der Waals surface area contributed by atoms with Gasteiger partial charge in [-0.15, -0.1) is 0 Å². The Morgan fingerprint density at radius 2 is 2.05 bits per heavy atom. The lowest BCUT2D eigenvalue weighted by molar-refractivity contribution is 0.362. The summed E-state index contributed by atoms with van der Waals surface area (Å²) in [7, 11) is -3.49. The van der Waals surface area contributed by atoms with Crippen LogP contribution in [0.1, 0.15) is 5.82 Å². The van der Waals surface area contributed by atoms with E-state index >= 15 is 0 Å². The Kier molecular flexibility index (Phi) is 3.36. The van der Waals surface area contributed by atoms with Crippen molar-refractivity contribution in [2.24, 2.45) is 0 Å². The Morgan fingerprint density at radius 1 is 1.30 bits per heavy atom. The van der Waals surface area contributed by atoms with Crippen LogP contribution < -0.4 is 10.0 Å². The SMILES string of the molecule is Cc1nc2ccc(NS(=O)(=O)N3CCNCC3)cc2[nH]1. The first kappa shape index (κ1) is 13.3. The van der Waals surface area contributed by atoms with Crippen molar-refractivity contribution in [1.29, 1.82) is 0 Å². The molecule has 2 aromatic rings. The van der Waals surface area contributed by atoms with Gasteiger partial charge < -0.3 is 10.3 Å². The average molecular weight is 295 g/mol. The minimum atomic E-state index is -3.49. The van der Waals surface area contributed by atoms with Crippen LogP contribution in [-0.2, 0) is 10.2 Å². The molecule has 20 heavy (non-hydrogen) atoms. The molecule has 3 N–H and O–H groups in total. The number of benzene rings is 1.